The molecule has 0 aliphatic rings. The zero-order valence-corrected chi connectivity index (χ0v) is 9.65. The molecular formula is C10H10N2O3S. The van der Waals surface area contributed by atoms with Gasteiger partial charge >= 0.3 is 5.97 Å². The lowest BCUT2D eigenvalue weighted by molar-refractivity contribution is 0.0375. The first-order valence-corrected chi connectivity index (χ1v) is 5.63. The number of hydrogen-bond acceptors (Lipinski definition) is 5. The van der Waals surface area contributed by atoms with E-state index in [2.05, 4.69) is 4.98 Å². The summed E-state index contributed by atoms with van der Waals surface area (Å²) in [6.45, 7) is 3.46. The molecule has 0 saturated carbocycles. The number of esters is 1. The fourth-order valence-corrected chi connectivity index (χ4v) is 1.92. The first-order valence-electron chi connectivity index (χ1n) is 4.75. The molecule has 0 saturated heterocycles. The zero-order chi connectivity index (χ0) is 11.7. The summed E-state index contributed by atoms with van der Waals surface area (Å²) in [7, 11) is 0. The number of hydrogen-bond donors (Lipinski definition) is 0. The van der Waals surface area contributed by atoms with Gasteiger partial charge < -0.3 is 4.74 Å². The number of ether oxygens (including phenoxy) is 1. The lowest BCUT2D eigenvalue weighted by Gasteiger charge is -2.06. The molecule has 0 amide bonds. The number of carbonyl (C=O) groups excluding carboxylic acids is 1. The van der Waals surface area contributed by atoms with E-state index >= 15 is 0 Å². The van der Waals surface area contributed by atoms with Crippen molar-refractivity contribution in [1.82, 2.24) is 9.38 Å². The van der Waals surface area contributed by atoms with Gasteiger partial charge in [-0.25, -0.2) is 9.78 Å². The van der Waals surface area contributed by atoms with Crippen molar-refractivity contribution in [1.29, 1.82) is 0 Å². The van der Waals surface area contributed by atoms with E-state index in [-0.39, 0.29) is 11.7 Å². The average molecular weight is 238 g/mol. The maximum absolute atomic E-state index is 11.8. The van der Waals surface area contributed by atoms with E-state index < -0.39 is 11.5 Å². The molecule has 2 aromatic rings. The number of aromatic nitrogens is 2. The highest BCUT2D eigenvalue weighted by atomic mass is 32.1. The Morgan fingerprint density at radius 3 is 3.00 bits per heavy atom. The summed E-state index contributed by atoms with van der Waals surface area (Å²) < 4.78 is 6.29. The van der Waals surface area contributed by atoms with Crippen molar-refractivity contribution in [3.05, 3.63) is 33.7 Å². The van der Waals surface area contributed by atoms with Gasteiger partial charge in [-0.15, -0.1) is 11.3 Å². The highest BCUT2D eigenvalue weighted by Crippen LogP contribution is 2.06. The van der Waals surface area contributed by atoms with Crippen LogP contribution in [-0.4, -0.2) is 21.5 Å². The van der Waals surface area contributed by atoms with Crippen molar-refractivity contribution in [2.24, 2.45) is 0 Å². The second-order valence-corrected chi connectivity index (χ2v) is 4.36. The van der Waals surface area contributed by atoms with Crippen LogP contribution in [0.4, 0.5) is 0 Å². The third-order valence-electron chi connectivity index (χ3n) is 1.91. The fraction of sp³-hybridized carbons (Fsp3) is 0.300. The molecule has 0 atom stereocenters. The van der Waals surface area contributed by atoms with E-state index in [9.17, 15) is 9.59 Å². The van der Waals surface area contributed by atoms with Crippen LogP contribution in [0.25, 0.3) is 4.96 Å². The van der Waals surface area contributed by atoms with Crippen molar-refractivity contribution in [3.8, 4) is 0 Å². The molecule has 84 valence electrons. The molecule has 0 fully saturated rings. The molecule has 6 heteroatoms. The Hall–Kier alpha value is -1.69. The summed E-state index contributed by atoms with van der Waals surface area (Å²) >= 11 is 1.34. The monoisotopic (exact) mass is 238 g/mol. The van der Waals surface area contributed by atoms with Crippen LogP contribution < -0.4 is 5.56 Å². The Kier molecular flexibility index (Phi) is 2.74. The van der Waals surface area contributed by atoms with Crippen LogP contribution in [0.2, 0.25) is 0 Å². The maximum Gasteiger partial charge on any atom is 0.345 e. The van der Waals surface area contributed by atoms with Gasteiger partial charge in [0, 0.05) is 11.6 Å². The Bertz CT molecular complexity index is 585. The summed E-state index contributed by atoms with van der Waals surface area (Å²) in [5, 5.41) is 1.74. The van der Waals surface area contributed by atoms with Gasteiger partial charge in [0.05, 0.1) is 12.3 Å². The molecule has 2 heterocycles. The molecule has 0 bridgehead atoms. The minimum absolute atomic E-state index is 0.0374. The zero-order valence-electron chi connectivity index (χ0n) is 8.84. The van der Waals surface area contributed by atoms with E-state index in [0.29, 0.717) is 4.96 Å². The predicted octanol–water partition coefficient (Wildman–Crippen LogP) is 1.32. The molecule has 5 nitrogen and oxygen atoms in total. The summed E-state index contributed by atoms with van der Waals surface area (Å²) in [6.07, 6.45) is 2.59. The lowest BCUT2D eigenvalue weighted by atomic mass is 10.3. The minimum Gasteiger partial charge on any atom is -0.459 e. The third kappa shape index (κ3) is 1.83. The Morgan fingerprint density at radius 1 is 1.56 bits per heavy atom. The quantitative estimate of drug-likeness (QED) is 0.740. The topological polar surface area (TPSA) is 60.7 Å². The molecule has 0 unspecified atom stereocenters. The van der Waals surface area contributed by atoms with E-state index in [4.69, 9.17) is 4.74 Å². The molecule has 16 heavy (non-hydrogen) atoms. The van der Waals surface area contributed by atoms with Crippen molar-refractivity contribution >= 4 is 22.3 Å². The molecule has 0 N–H and O–H groups in total. The first kappa shape index (κ1) is 10.8. The maximum atomic E-state index is 11.8. The van der Waals surface area contributed by atoms with Crippen molar-refractivity contribution in [2.45, 2.75) is 20.0 Å². The third-order valence-corrected chi connectivity index (χ3v) is 2.68. The molecule has 2 rings (SSSR count). The fourth-order valence-electron chi connectivity index (χ4n) is 1.24. The number of fused-ring (bicyclic) bond motifs is 1. The number of thiazole rings is 1. The van der Waals surface area contributed by atoms with Gasteiger partial charge in [0.1, 0.15) is 5.56 Å². The molecule has 0 aliphatic carbocycles. The Morgan fingerprint density at radius 2 is 2.31 bits per heavy atom. The summed E-state index contributed by atoms with van der Waals surface area (Å²) in [5.41, 5.74) is -0.429. The second kappa shape index (κ2) is 4.05. The predicted molar refractivity (Wildman–Crippen MR) is 59.9 cm³/mol. The van der Waals surface area contributed by atoms with E-state index in [1.54, 1.807) is 25.4 Å². The normalized spacial score (nSPS) is 10.9. The lowest BCUT2D eigenvalue weighted by Crippen LogP contribution is -2.24. The minimum atomic E-state index is -0.631. The van der Waals surface area contributed by atoms with Crippen LogP contribution in [0.5, 0.6) is 0 Å². The van der Waals surface area contributed by atoms with Gasteiger partial charge in [-0.2, -0.15) is 0 Å². The van der Waals surface area contributed by atoms with Crippen LogP contribution in [-0.2, 0) is 4.74 Å². The summed E-state index contributed by atoms with van der Waals surface area (Å²) in [5.74, 6) is -0.631. The van der Waals surface area contributed by atoms with Gasteiger partial charge in [-0.05, 0) is 13.8 Å². The van der Waals surface area contributed by atoms with Crippen molar-refractivity contribution < 1.29 is 9.53 Å². The van der Waals surface area contributed by atoms with Crippen LogP contribution in [0, 0.1) is 0 Å². The van der Waals surface area contributed by atoms with Gasteiger partial charge in [0.2, 0.25) is 0 Å². The van der Waals surface area contributed by atoms with E-state index in [1.165, 1.54) is 21.9 Å². The standard InChI is InChI=1S/C10H10N2O3S/c1-6(2)15-9(14)7-5-11-10-12(8(7)13)3-4-16-10/h3-6H,1-2H3. The molecule has 0 radical (unpaired) electrons. The molecule has 0 aromatic carbocycles. The smallest absolute Gasteiger partial charge is 0.345 e. The van der Waals surface area contributed by atoms with Crippen LogP contribution in [0.15, 0.2) is 22.6 Å². The van der Waals surface area contributed by atoms with Crippen molar-refractivity contribution in [2.75, 3.05) is 0 Å². The summed E-state index contributed by atoms with van der Waals surface area (Å²) in [6, 6.07) is 0. The van der Waals surface area contributed by atoms with Gasteiger partial charge in [-0.1, -0.05) is 0 Å². The number of carbonyl (C=O) groups is 1. The molecule has 0 spiro atoms. The highest BCUT2D eigenvalue weighted by Gasteiger charge is 2.15. The van der Waals surface area contributed by atoms with Gasteiger partial charge in [0.15, 0.2) is 4.96 Å². The van der Waals surface area contributed by atoms with E-state index in [1.807, 2.05) is 0 Å². The Balaban J connectivity index is 2.49. The molecular weight excluding hydrogens is 228 g/mol. The molecule has 2 aromatic heterocycles. The second-order valence-electron chi connectivity index (χ2n) is 3.49. The molecule has 0 aliphatic heterocycles. The number of rotatable bonds is 2. The average Bonchev–Trinajstić information content (AvgIpc) is 2.65. The summed E-state index contributed by atoms with van der Waals surface area (Å²) in [4.78, 5) is 28.0. The van der Waals surface area contributed by atoms with Gasteiger partial charge in [-0.3, -0.25) is 9.20 Å². The number of nitrogens with zero attached hydrogens (tertiary/aromatic N) is 2. The van der Waals surface area contributed by atoms with Gasteiger partial charge in [0.25, 0.3) is 5.56 Å². The van der Waals surface area contributed by atoms with Crippen molar-refractivity contribution in [3.63, 3.8) is 0 Å². The van der Waals surface area contributed by atoms with Crippen LogP contribution in [0.1, 0.15) is 24.2 Å². The Labute approximate surface area is 95.3 Å². The van der Waals surface area contributed by atoms with Crippen LogP contribution >= 0.6 is 11.3 Å². The highest BCUT2D eigenvalue weighted by molar-refractivity contribution is 7.15. The largest absolute Gasteiger partial charge is 0.459 e. The van der Waals surface area contributed by atoms with Crippen LogP contribution in [0.3, 0.4) is 0 Å². The SMILES string of the molecule is CC(C)OC(=O)c1cnc2sccn2c1=O. The first-order chi connectivity index (χ1) is 7.59. The van der Waals surface area contributed by atoms with E-state index in [0.717, 1.165) is 0 Å².